The summed E-state index contributed by atoms with van der Waals surface area (Å²) in [6, 6.07) is -0.891. The molecule has 3 saturated heterocycles. The lowest BCUT2D eigenvalue weighted by molar-refractivity contribution is -0.145. The van der Waals surface area contributed by atoms with E-state index in [9.17, 15) is 22.8 Å². The zero-order valence-corrected chi connectivity index (χ0v) is 18.6. The fourth-order valence-corrected chi connectivity index (χ4v) is 6.99. The normalized spacial score (nSPS) is 30.2. The number of carbonyl (C=O) groups is 3. The van der Waals surface area contributed by atoms with Gasteiger partial charge in [0, 0.05) is 37.8 Å². The van der Waals surface area contributed by atoms with Crippen LogP contribution >= 0.6 is 11.8 Å². The summed E-state index contributed by atoms with van der Waals surface area (Å²) < 4.78 is 25.5. The zero-order valence-electron chi connectivity index (χ0n) is 17.0. The Bertz CT molecular complexity index is 759. The molecule has 3 aliphatic rings. The Morgan fingerprint density at radius 2 is 1.86 bits per heavy atom. The monoisotopic (exact) mass is 446 g/mol. The van der Waals surface area contributed by atoms with Crippen molar-refractivity contribution in [3.8, 4) is 0 Å². The summed E-state index contributed by atoms with van der Waals surface area (Å²) in [4.78, 5) is 40.8. The molecule has 3 rings (SSSR count). The average Bonchev–Trinajstić information content (AvgIpc) is 3.15. The molecule has 164 valence electrons. The summed E-state index contributed by atoms with van der Waals surface area (Å²) in [5.41, 5.74) is 0. The summed E-state index contributed by atoms with van der Waals surface area (Å²) in [6.07, 6.45) is 2.89. The van der Waals surface area contributed by atoms with Gasteiger partial charge in [0.2, 0.25) is 27.7 Å². The van der Waals surface area contributed by atoms with Crippen molar-refractivity contribution < 1.29 is 22.8 Å². The number of thioether (sulfide) groups is 1. The Labute approximate surface area is 176 Å². The number of nitrogens with zero attached hydrogens (tertiary/aromatic N) is 3. The molecule has 0 aromatic rings. The van der Waals surface area contributed by atoms with Crippen molar-refractivity contribution in [1.82, 2.24) is 19.4 Å². The molecule has 3 atom stereocenters. The van der Waals surface area contributed by atoms with Gasteiger partial charge in [0.05, 0.1) is 18.2 Å². The number of hydrogen-bond acceptors (Lipinski definition) is 6. The first kappa shape index (κ1) is 22.4. The van der Waals surface area contributed by atoms with Crippen molar-refractivity contribution in [3.63, 3.8) is 0 Å². The van der Waals surface area contributed by atoms with Gasteiger partial charge in [-0.2, -0.15) is 4.31 Å². The molecule has 0 aromatic carbocycles. The maximum absolute atomic E-state index is 13.1. The molecule has 11 heteroatoms. The van der Waals surface area contributed by atoms with Crippen LogP contribution in [0.15, 0.2) is 0 Å². The third-order valence-electron chi connectivity index (χ3n) is 5.96. The largest absolute Gasteiger partial charge is 0.350 e. The van der Waals surface area contributed by atoms with Gasteiger partial charge in [-0.1, -0.05) is 0 Å². The molecule has 3 amide bonds. The van der Waals surface area contributed by atoms with Crippen LogP contribution in [0.1, 0.15) is 39.5 Å². The minimum absolute atomic E-state index is 0.0738. The first-order valence-corrected chi connectivity index (χ1v) is 12.9. The lowest BCUT2D eigenvalue weighted by atomic mass is 9.96. The number of sulfonamides is 1. The lowest BCUT2D eigenvalue weighted by Gasteiger charge is -2.41. The Morgan fingerprint density at radius 1 is 1.10 bits per heavy atom. The maximum atomic E-state index is 13.1. The molecule has 0 unspecified atom stereocenters. The molecule has 9 nitrogen and oxygen atoms in total. The van der Waals surface area contributed by atoms with E-state index in [0.717, 1.165) is 19.3 Å². The smallest absolute Gasteiger partial charge is 0.246 e. The van der Waals surface area contributed by atoms with E-state index in [-0.39, 0.29) is 42.1 Å². The predicted molar refractivity (Wildman–Crippen MR) is 111 cm³/mol. The number of likely N-dealkylation sites (tertiary alicyclic amines) is 1. The highest BCUT2D eigenvalue weighted by Crippen LogP contribution is 2.26. The molecule has 3 fully saturated rings. The van der Waals surface area contributed by atoms with Gasteiger partial charge in [-0.15, -0.1) is 11.8 Å². The van der Waals surface area contributed by atoms with Crippen molar-refractivity contribution in [2.45, 2.75) is 57.7 Å². The van der Waals surface area contributed by atoms with Crippen molar-refractivity contribution in [3.05, 3.63) is 0 Å². The van der Waals surface area contributed by atoms with Crippen LogP contribution in [0.25, 0.3) is 0 Å². The van der Waals surface area contributed by atoms with Crippen molar-refractivity contribution in [1.29, 1.82) is 0 Å². The standard InChI is InChI=1S/C18H30N4O5S2/c1-13-15(19-17(24)10-20-7-3-4-9-29(20,26)27)6-5-8-21(13)18(25)16-11-28-12-22(16)14(2)23/h13,15-16H,3-12H2,1-2H3,(H,19,24)/t13-,15-,16-/m1/s1. The molecule has 3 heterocycles. The summed E-state index contributed by atoms with van der Waals surface area (Å²) >= 11 is 1.57. The number of rotatable bonds is 4. The van der Waals surface area contributed by atoms with Gasteiger partial charge in [-0.05, 0) is 32.6 Å². The zero-order chi connectivity index (χ0) is 21.2. The Hall–Kier alpha value is -1.33. The van der Waals surface area contributed by atoms with Crippen LogP contribution in [0.2, 0.25) is 0 Å². The van der Waals surface area contributed by atoms with Gasteiger partial charge in [0.15, 0.2) is 0 Å². The van der Waals surface area contributed by atoms with E-state index in [4.69, 9.17) is 0 Å². The quantitative estimate of drug-likeness (QED) is 0.643. The highest BCUT2D eigenvalue weighted by molar-refractivity contribution is 7.99. The number of hydrogen-bond donors (Lipinski definition) is 1. The van der Waals surface area contributed by atoms with Crippen LogP contribution in [0, 0.1) is 0 Å². The Kier molecular flexibility index (Phi) is 7.10. The molecule has 0 bridgehead atoms. The number of piperidine rings is 1. The van der Waals surface area contributed by atoms with E-state index >= 15 is 0 Å². The Balaban J connectivity index is 1.60. The summed E-state index contributed by atoms with van der Waals surface area (Å²) in [5.74, 6) is 0.697. The molecule has 0 aromatic heterocycles. The van der Waals surface area contributed by atoms with E-state index in [1.807, 2.05) is 6.92 Å². The summed E-state index contributed by atoms with van der Waals surface area (Å²) in [6.45, 7) is 4.18. The van der Waals surface area contributed by atoms with Crippen molar-refractivity contribution in [2.75, 3.05) is 37.0 Å². The van der Waals surface area contributed by atoms with Crippen LogP contribution in [0.3, 0.4) is 0 Å². The molecule has 0 radical (unpaired) electrons. The fraction of sp³-hybridized carbons (Fsp3) is 0.833. The van der Waals surface area contributed by atoms with E-state index in [0.29, 0.717) is 31.1 Å². The topological polar surface area (TPSA) is 107 Å². The van der Waals surface area contributed by atoms with E-state index < -0.39 is 16.1 Å². The number of nitrogens with one attached hydrogen (secondary N) is 1. The van der Waals surface area contributed by atoms with Crippen LogP contribution in [0.4, 0.5) is 0 Å². The molecule has 3 aliphatic heterocycles. The van der Waals surface area contributed by atoms with Gasteiger partial charge >= 0.3 is 0 Å². The number of carbonyl (C=O) groups excluding carboxylic acids is 3. The van der Waals surface area contributed by atoms with E-state index in [1.165, 1.54) is 11.2 Å². The molecule has 0 saturated carbocycles. The van der Waals surface area contributed by atoms with Crippen molar-refractivity contribution in [2.24, 2.45) is 0 Å². The van der Waals surface area contributed by atoms with Crippen LogP contribution in [0.5, 0.6) is 0 Å². The fourth-order valence-electron chi connectivity index (χ4n) is 4.23. The van der Waals surface area contributed by atoms with Gasteiger partial charge in [-0.3, -0.25) is 14.4 Å². The minimum Gasteiger partial charge on any atom is -0.350 e. The van der Waals surface area contributed by atoms with Gasteiger partial charge in [-0.25, -0.2) is 8.42 Å². The predicted octanol–water partition coefficient (Wildman–Crippen LogP) is -0.171. The molecular weight excluding hydrogens is 416 g/mol. The first-order chi connectivity index (χ1) is 13.7. The third-order valence-corrected chi connectivity index (χ3v) is 8.88. The van der Waals surface area contributed by atoms with Crippen LogP contribution in [-0.4, -0.2) is 95.4 Å². The SMILES string of the molecule is CC(=O)N1CSC[C@@H]1C(=O)N1CCC[C@@H](NC(=O)CN2CCCCS2(=O)=O)[C@H]1C. The van der Waals surface area contributed by atoms with Gasteiger partial charge in [0.1, 0.15) is 6.04 Å². The second kappa shape index (κ2) is 9.22. The summed E-state index contributed by atoms with van der Waals surface area (Å²) in [5, 5.41) is 2.94. The second-order valence-electron chi connectivity index (χ2n) is 7.95. The maximum Gasteiger partial charge on any atom is 0.246 e. The third kappa shape index (κ3) is 5.05. The molecular formula is C18H30N4O5S2. The van der Waals surface area contributed by atoms with Crippen LogP contribution < -0.4 is 5.32 Å². The Morgan fingerprint density at radius 3 is 2.55 bits per heavy atom. The molecule has 1 N–H and O–H groups in total. The van der Waals surface area contributed by atoms with Crippen molar-refractivity contribution >= 4 is 39.5 Å². The average molecular weight is 447 g/mol. The molecule has 0 aliphatic carbocycles. The molecule has 29 heavy (non-hydrogen) atoms. The highest BCUT2D eigenvalue weighted by atomic mass is 32.2. The van der Waals surface area contributed by atoms with Gasteiger partial charge < -0.3 is 15.1 Å². The van der Waals surface area contributed by atoms with E-state index in [1.54, 1.807) is 21.6 Å². The van der Waals surface area contributed by atoms with E-state index in [2.05, 4.69) is 5.32 Å². The number of amides is 3. The minimum atomic E-state index is -3.35. The van der Waals surface area contributed by atoms with Gasteiger partial charge in [0.25, 0.3) is 0 Å². The first-order valence-electron chi connectivity index (χ1n) is 10.1. The van der Waals surface area contributed by atoms with Crippen LogP contribution in [-0.2, 0) is 24.4 Å². The highest BCUT2D eigenvalue weighted by Gasteiger charge is 2.40. The second-order valence-corrected chi connectivity index (χ2v) is 11.0. The lowest BCUT2D eigenvalue weighted by Crippen LogP contribution is -2.60. The summed E-state index contributed by atoms with van der Waals surface area (Å²) in [7, 11) is -3.35. The molecule has 0 spiro atoms.